The number of anilines is 1. The van der Waals surface area contributed by atoms with Crippen LogP contribution in [0, 0.1) is 6.92 Å². The number of aromatic carboxylic acids is 1. The van der Waals surface area contributed by atoms with Crippen molar-refractivity contribution in [2.45, 2.75) is 32.4 Å². The molecule has 18 heavy (non-hydrogen) atoms. The minimum Gasteiger partial charge on any atom is -0.478 e. The molecule has 0 aliphatic heterocycles. The molecule has 0 atom stereocenters. The predicted molar refractivity (Wildman–Crippen MR) is 73.3 cm³/mol. The zero-order valence-electron chi connectivity index (χ0n) is 11.0. The van der Waals surface area contributed by atoms with E-state index in [0.717, 1.165) is 0 Å². The molecule has 0 radical (unpaired) electrons. The maximum absolute atomic E-state index is 11.7. The van der Waals surface area contributed by atoms with Crippen LogP contribution in [0.1, 0.15) is 36.8 Å². The molecule has 6 heteroatoms. The van der Waals surface area contributed by atoms with E-state index >= 15 is 0 Å². The van der Waals surface area contributed by atoms with Gasteiger partial charge in [-0.1, -0.05) is 20.8 Å². The summed E-state index contributed by atoms with van der Waals surface area (Å²) in [4.78, 5) is 25.5. The number of amides is 1. The molecule has 1 aromatic heterocycles. The Bertz CT molecular complexity index is 460. The van der Waals surface area contributed by atoms with E-state index in [1.54, 1.807) is 6.92 Å². The Morgan fingerprint density at radius 3 is 2.56 bits per heavy atom. The number of hydrogen-bond donors (Lipinski definition) is 3. The number of rotatable bonds is 4. The van der Waals surface area contributed by atoms with Gasteiger partial charge in [0, 0.05) is 16.6 Å². The number of aryl methyl sites for hydroxylation is 1. The number of aromatic amines is 1. The molecular weight excluding hydrogens is 252 g/mol. The Kier molecular flexibility index (Phi) is 4.45. The standard InChI is InChI=1S/C12H18N2O3S/c1-7-10(11(16)17)8(5-13-7)14-9(15)6-18-12(2,3)4/h5,13H,6H2,1-4H3,(H,14,15)(H,16,17). The van der Waals surface area contributed by atoms with Crippen LogP contribution in [0.25, 0.3) is 0 Å². The zero-order valence-corrected chi connectivity index (χ0v) is 11.8. The lowest BCUT2D eigenvalue weighted by Crippen LogP contribution is -2.19. The lowest BCUT2D eigenvalue weighted by Gasteiger charge is -2.16. The van der Waals surface area contributed by atoms with Crippen LogP contribution in [-0.2, 0) is 4.79 Å². The largest absolute Gasteiger partial charge is 0.478 e. The summed E-state index contributed by atoms with van der Waals surface area (Å²) in [5, 5.41) is 11.6. The van der Waals surface area contributed by atoms with Crippen LogP contribution < -0.4 is 5.32 Å². The molecule has 0 aliphatic rings. The fourth-order valence-electron chi connectivity index (χ4n) is 1.37. The van der Waals surface area contributed by atoms with Gasteiger partial charge in [0.1, 0.15) is 5.56 Å². The molecule has 5 nitrogen and oxygen atoms in total. The molecule has 1 heterocycles. The smallest absolute Gasteiger partial charge is 0.339 e. The first-order valence-corrected chi connectivity index (χ1v) is 6.54. The lowest BCUT2D eigenvalue weighted by atomic mass is 10.2. The number of carboxylic acid groups (broad SMARTS) is 1. The number of aromatic nitrogens is 1. The first-order chi connectivity index (χ1) is 8.20. The molecule has 0 spiro atoms. The number of carbonyl (C=O) groups excluding carboxylic acids is 1. The Labute approximate surface area is 110 Å². The molecule has 0 unspecified atom stereocenters. The van der Waals surface area contributed by atoms with E-state index in [-0.39, 0.29) is 16.2 Å². The highest BCUT2D eigenvalue weighted by atomic mass is 32.2. The van der Waals surface area contributed by atoms with Crippen LogP contribution in [0.5, 0.6) is 0 Å². The van der Waals surface area contributed by atoms with Gasteiger partial charge in [-0.25, -0.2) is 4.79 Å². The van der Waals surface area contributed by atoms with Crippen LogP contribution in [0.3, 0.4) is 0 Å². The van der Waals surface area contributed by atoms with Gasteiger partial charge in [-0.15, -0.1) is 11.8 Å². The van der Waals surface area contributed by atoms with Crippen LogP contribution in [0.4, 0.5) is 5.69 Å². The van der Waals surface area contributed by atoms with Crippen molar-refractivity contribution in [3.63, 3.8) is 0 Å². The highest BCUT2D eigenvalue weighted by Gasteiger charge is 2.18. The first kappa shape index (κ1) is 14.6. The summed E-state index contributed by atoms with van der Waals surface area (Å²) in [6.45, 7) is 7.72. The van der Waals surface area contributed by atoms with Crippen molar-refractivity contribution in [2.24, 2.45) is 0 Å². The average molecular weight is 270 g/mol. The second kappa shape index (κ2) is 5.48. The number of H-pyrrole nitrogens is 1. The Hall–Kier alpha value is -1.43. The zero-order chi connectivity index (χ0) is 13.9. The van der Waals surface area contributed by atoms with Crippen LogP contribution in [-0.4, -0.2) is 32.5 Å². The van der Waals surface area contributed by atoms with Gasteiger partial charge in [-0.2, -0.15) is 0 Å². The van der Waals surface area contributed by atoms with Crippen LogP contribution in [0.2, 0.25) is 0 Å². The molecule has 0 bridgehead atoms. The Balaban J connectivity index is 2.68. The van der Waals surface area contributed by atoms with Gasteiger partial charge < -0.3 is 15.4 Å². The predicted octanol–water partition coefficient (Wildman–Crippen LogP) is 2.49. The summed E-state index contributed by atoms with van der Waals surface area (Å²) in [5.41, 5.74) is 0.963. The molecular formula is C12H18N2O3S. The average Bonchev–Trinajstić information content (AvgIpc) is 2.55. The van der Waals surface area contributed by atoms with Crippen molar-refractivity contribution >= 4 is 29.3 Å². The van der Waals surface area contributed by atoms with Gasteiger partial charge >= 0.3 is 5.97 Å². The molecule has 0 aromatic carbocycles. The van der Waals surface area contributed by atoms with Gasteiger partial charge in [0.25, 0.3) is 0 Å². The molecule has 0 aliphatic carbocycles. The molecule has 0 fully saturated rings. The van der Waals surface area contributed by atoms with Crippen molar-refractivity contribution in [3.8, 4) is 0 Å². The molecule has 3 N–H and O–H groups in total. The molecule has 1 amide bonds. The second-order valence-corrected chi connectivity index (χ2v) is 6.76. The highest BCUT2D eigenvalue weighted by Crippen LogP contribution is 2.24. The first-order valence-electron chi connectivity index (χ1n) is 5.56. The number of hydrogen-bond acceptors (Lipinski definition) is 3. The molecule has 1 aromatic rings. The van der Waals surface area contributed by atoms with Crippen LogP contribution in [0.15, 0.2) is 6.20 Å². The minimum atomic E-state index is -1.05. The molecule has 0 saturated carbocycles. The summed E-state index contributed by atoms with van der Waals surface area (Å²) in [6, 6.07) is 0. The van der Waals surface area contributed by atoms with Crippen molar-refractivity contribution in [3.05, 3.63) is 17.5 Å². The van der Waals surface area contributed by atoms with E-state index < -0.39 is 5.97 Å². The minimum absolute atomic E-state index is 0.00102. The van der Waals surface area contributed by atoms with E-state index in [2.05, 4.69) is 10.3 Å². The van der Waals surface area contributed by atoms with E-state index in [4.69, 9.17) is 5.11 Å². The van der Waals surface area contributed by atoms with E-state index in [1.165, 1.54) is 18.0 Å². The van der Waals surface area contributed by atoms with Gasteiger partial charge in [0.15, 0.2) is 0 Å². The SMILES string of the molecule is Cc1[nH]cc(NC(=O)CSC(C)(C)C)c1C(=O)O. The number of thioether (sulfide) groups is 1. The number of nitrogens with one attached hydrogen (secondary N) is 2. The van der Waals surface area contributed by atoms with Crippen molar-refractivity contribution in [2.75, 3.05) is 11.1 Å². The van der Waals surface area contributed by atoms with Gasteiger partial charge in [0.05, 0.1) is 11.4 Å². The molecule has 1 rings (SSSR count). The topological polar surface area (TPSA) is 82.2 Å². The monoisotopic (exact) mass is 270 g/mol. The van der Waals surface area contributed by atoms with E-state index in [1.807, 2.05) is 20.8 Å². The van der Waals surface area contributed by atoms with Gasteiger partial charge in [-0.05, 0) is 6.92 Å². The maximum Gasteiger partial charge on any atom is 0.339 e. The summed E-state index contributed by atoms with van der Waals surface area (Å²) in [5.74, 6) is -0.948. The van der Waals surface area contributed by atoms with Gasteiger partial charge in [0.2, 0.25) is 5.91 Å². The second-order valence-electron chi connectivity index (χ2n) is 4.96. The summed E-state index contributed by atoms with van der Waals surface area (Å²) < 4.78 is 0.00102. The third-order valence-electron chi connectivity index (χ3n) is 2.20. The van der Waals surface area contributed by atoms with Crippen molar-refractivity contribution in [1.82, 2.24) is 4.98 Å². The quantitative estimate of drug-likeness (QED) is 0.785. The maximum atomic E-state index is 11.7. The fraction of sp³-hybridized carbons (Fsp3) is 0.500. The Morgan fingerprint density at radius 1 is 1.44 bits per heavy atom. The fourth-order valence-corrected chi connectivity index (χ4v) is 2.01. The van der Waals surface area contributed by atoms with Gasteiger partial charge in [-0.3, -0.25) is 4.79 Å². The third-order valence-corrected chi connectivity index (χ3v) is 3.47. The van der Waals surface area contributed by atoms with Crippen molar-refractivity contribution in [1.29, 1.82) is 0 Å². The summed E-state index contributed by atoms with van der Waals surface area (Å²) >= 11 is 1.51. The van der Waals surface area contributed by atoms with Crippen molar-refractivity contribution < 1.29 is 14.7 Å². The summed E-state index contributed by atoms with van der Waals surface area (Å²) in [7, 11) is 0. The third kappa shape index (κ3) is 4.10. The lowest BCUT2D eigenvalue weighted by molar-refractivity contribution is -0.113. The molecule has 0 saturated heterocycles. The normalized spacial score (nSPS) is 11.3. The van der Waals surface area contributed by atoms with Crippen LogP contribution >= 0.6 is 11.8 Å². The summed E-state index contributed by atoms with van der Waals surface area (Å²) in [6.07, 6.45) is 1.50. The number of carbonyl (C=O) groups is 2. The highest BCUT2D eigenvalue weighted by molar-refractivity contribution is 8.01. The number of carboxylic acids is 1. The van der Waals surface area contributed by atoms with E-state index in [9.17, 15) is 9.59 Å². The molecule has 100 valence electrons. The van der Waals surface area contributed by atoms with E-state index in [0.29, 0.717) is 17.1 Å². The Morgan fingerprint density at radius 2 is 2.06 bits per heavy atom.